The van der Waals surface area contributed by atoms with Crippen molar-refractivity contribution in [3.8, 4) is 11.7 Å². The molecule has 2 aromatic rings. The molecule has 0 fully saturated rings. The fraction of sp³-hybridized carbons (Fsp3) is 0.267. The van der Waals surface area contributed by atoms with Gasteiger partial charge in [-0.2, -0.15) is 0 Å². The Kier molecular flexibility index (Phi) is 5.20. The lowest BCUT2D eigenvalue weighted by Crippen LogP contribution is -2.31. The second kappa shape index (κ2) is 7.35. The van der Waals surface area contributed by atoms with E-state index in [9.17, 15) is 4.79 Å². The zero-order chi connectivity index (χ0) is 14.2. The fourth-order valence-corrected chi connectivity index (χ4v) is 1.63. The third kappa shape index (κ3) is 4.13. The summed E-state index contributed by atoms with van der Waals surface area (Å²) in [6, 6.07) is 12.5. The predicted molar refractivity (Wildman–Crippen MR) is 76.1 cm³/mol. The highest BCUT2D eigenvalue weighted by Crippen LogP contribution is 2.23. The van der Waals surface area contributed by atoms with Crippen LogP contribution in [0.1, 0.15) is 17.5 Å². The van der Waals surface area contributed by atoms with Crippen LogP contribution in [-0.2, 0) is 0 Å². The molecule has 106 valence electrons. The quantitative estimate of drug-likeness (QED) is 0.761. The van der Waals surface area contributed by atoms with Gasteiger partial charge in [0.25, 0.3) is 11.9 Å². The van der Waals surface area contributed by atoms with Gasteiger partial charge in [-0.3, -0.25) is 4.79 Å². The molecule has 5 nitrogen and oxygen atoms in total. The van der Waals surface area contributed by atoms with Gasteiger partial charge in [-0.25, -0.2) is 0 Å². The first kappa shape index (κ1) is 14.1. The van der Waals surface area contributed by atoms with Crippen molar-refractivity contribution in [3.05, 3.63) is 48.2 Å². The number of para-hydroxylation sites is 1. The van der Waals surface area contributed by atoms with Crippen LogP contribution in [0.25, 0.3) is 0 Å². The molecule has 1 aromatic heterocycles. The number of benzene rings is 1. The molecule has 0 aliphatic rings. The van der Waals surface area contributed by atoms with Crippen molar-refractivity contribution in [1.29, 1.82) is 0 Å². The number of amides is 1. The maximum Gasteiger partial charge on any atom is 0.290 e. The minimum Gasteiger partial charge on any atom is -0.426 e. The zero-order valence-electron chi connectivity index (χ0n) is 11.4. The molecular formula is C15H18N2O3. The van der Waals surface area contributed by atoms with E-state index in [2.05, 4.69) is 10.6 Å². The summed E-state index contributed by atoms with van der Waals surface area (Å²) >= 11 is 0. The largest absolute Gasteiger partial charge is 0.426 e. The van der Waals surface area contributed by atoms with Gasteiger partial charge >= 0.3 is 0 Å². The van der Waals surface area contributed by atoms with Gasteiger partial charge in [0.1, 0.15) is 5.75 Å². The SMILES string of the molecule is CCNCCNC(=O)c1ccc(Oc2ccccc2)o1. The number of ether oxygens (including phenoxy) is 1. The lowest BCUT2D eigenvalue weighted by Gasteiger charge is -2.03. The first-order chi connectivity index (χ1) is 9.79. The zero-order valence-corrected chi connectivity index (χ0v) is 11.4. The molecule has 0 spiro atoms. The number of carbonyl (C=O) groups is 1. The second-order valence-corrected chi connectivity index (χ2v) is 4.14. The lowest BCUT2D eigenvalue weighted by atomic mass is 10.3. The van der Waals surface area contributed by atoms with Gasteiger partial charge in [-0.05, 0) is 24.7 Å². The molecule has 0 saturated heterocycles. The molecule has 1 aromatic carbocycles. The maximum atomic E-state index is 11.8. The van der Waals surface area contributed by atoms with Crippen molar-refractivity contribution in [1.82, 2.24) is 10.6 Å². The Bertz CT molecular complexity index is 537. The number of hydrogen-bond acceptors (Lipinski definition) is 4. The maximum absolute atomic E-state index is 11.8. The highest BCUT2D eigenvalue weighted by atomic mass is 16.6. The molecule has 0 radical (unpaired) electrons. The number of likely N-dealkylation sites (N-methyl/N-ethyl adjacent to an activating group) is 1. The fourth-order valence-electron chi connectivity index (χ4n) is 1.63. The number of hydrogen-bond donors (Lipinski definition) is 2. The monoisotopic (exact) mass is 274 g/mol. The van der Waals surface area contributed by atoms with Gasteiger partial charge in [-0.1, -0.05) is 25.1 Å². The molecule has 2 N–H and O–H groups in total. The first-order valence-corrected chi connectivity index (χ1v) is 6.61. The van der Waals surface area contributed by atoms with Crippen LogP contribution in [0.4, 0.5) is 0 Å². The van der Waals surface area contributed by atoms with Gasteiger partial charge in [0.15, 0.2) is 5.76 Å². The molecule has 5 heteroatoms. The average Bonchev–Trinajstić information content (AvgIpc) is 2.93. The van der Waals surface area contributed by atoms with E-state index in [0.29, 0.717) is 18.2 Å². The summed E-state index contributed by atoms with van der Waals surface area (Å²) in [4.78, 5) is 11.8. The molecule has 0 bridgehead atoms. The van der Waals surface area contributed by atoms with Gasteiger partial charge in [0.2, 0.25) is 0 Å². The number of carbonyl (C=O) groups excluding carboxylic acids is 1. The standard InChI is InChI=1S/C15H18N2O3/c1-2-16-10-11-17-15(18)13-8-9-14(20-13)19-12-6-4-3-5-7-12/h3-9,16H,2,10-11H2,1H3,(H,17,18). The molecule has 0 atom stereocenters. The highest BCUT2D eigenvalue weighted by Gasteiger charge is 2.11. The summed E-state index contributed by atoms with van der Waals surface area (Å²) in [5, 5.41) is 5.88. The van der Waals surface area contributed by atoms with Crippen LogP contribution in [0.2, 0.25) is 0 Å². The molecule has 2 rings (SSSR count). The molecule has 1 amide bonds. The van der Waals surface area contributed by atoms with Crippen molar-refractivity contribution in [2.75, 3.05) is 19.6 Å². The van der Waals surface area contributed by atoms with Crippen molar-refractivity contribution >= 4 is 5.91 Å². The molecule has 0 saturated carbocycles. The van der Waals surface area contributed by atoms with E-state index in [1.807, 2.05) is 37.3 Å². The summed E-state index contributed by atoms with van der Waals surface area (Å²) in [6.07, 6.45) is 0. The highest BCUT2D eigenvalue weighted by molar-refractivity contribution is 5.91. The first-order valence-electron chi connectivity index (χ1n) is 6.61. The van der Waals surface area contributed by atoms with E-state index in [1.54, 1.807) is 12.1 Å². The summed E-state index contributed by atoms with van der Waals surface area (Å²) in [5.74, 6) is 0.965. The topological polar surface area (TPSA) is 63.5 Å². The van der Waals surface area contributed by atoms with Crippen LogP contribution in [0.5, 0.6) is 11.7 Å². The van der Waals surface area contributed by atoms with Crippen LogP contribution in [-0.4, -0.2) is 25.5 Å². The number of rotatable bonds is 7. The third-order valence-corrected chi connectivity index (χ3v) is 2.60. The van der Waals surface area contributed by atoms with Crippen LogP contribution < -0.4 is 15.4 Å². The Hall–Kier alpha value is -2.27. The van der Waals surface area contributed by atoms with Crippen LogP contribution in [0.3, 0.4) is 0 Å². The van der Waals surface area contributed by atoms with Gasteiger partial charge in [0.05, 0.1) is 0 Å². The van der Waals surface area contributed by atoms with E-state index >= 15 is 0 Å². The van der Waals surface area contributed by atoms with E-state index < -0.39 is 0 Å². The summed E-state index contributed by atoms with van der Waals surface area (Å²) in [6.45, 7) is 4.19. The predicted octanol–water partition coefficient (Wildman–Crippen LogP) is 2.41. The minimum absolute atomic E-state index is 0.243. The molecule has 20 heavy (non-hydrogen) atoms. The Morgan fingerprint density at radius 3 is 2.70 bits per heavy atom. The van der Waals surface area contributed by atoms with Crippen LogP contribution >= 0.6 is 0 Å². The number of nitrogens with one attached hydrogen (secondary N) is 2. The van der Waals surface area contributed by atoms with E-state index in [0.717, 1.165) is 13.1 Å². The Morgan fingerprint density at radius 2 is 1.95 bits per heavy atom. The van der Waals surface area contributed by atoms with Crippen molar-refractivity contribution in [2.24, 2.45) is 0 Å². The van der Waals surface area contributed by atoms with Crippen LogP contribution in [0, 0.1) is 0 Å². The Balaban J connectivity index is 1.87. The Labute approximate surface area is 117 Å². The number of furan rings is 1. The smallest absolute Gasteiger partial charge is 0.290 e. The summed E-state index contributed by atoms with van der Waals surface area (Å²) in [5.41, 5.74) is 0. The molecule has 0 aliphatic heterocycles. The van der Waals surface area contributed by atoms with Crippen molar-refractivity contribution < 1.29 is 13.9 Å². The second-order valence-electron chi connectivity index (χ2n) is 4.14. The van der Waals surface area contributed by atoms with Crippen LogP contribution in [0.15, 0.2) is 46.9 Å². The van der Waals surface area contributed by atoms with E-state index in [-0.39, 0.29) is 11.7 Å². The molecule has 0 unspecified atom stereocenters. The Morgan fingerprint density at radius 1 is 1.15 bits per heavy atom. The minimum atomic E-state index is -0.245. The van der Waals surface area contributed by atoms with Crippen molar-refractivity contribution in [3.63, 3.8) is 0 Å². The molecule has 0 aliphatic carbocycles. The summed E-state index contributed by atoms with van der Waals surface area (Å²) < 4.78 is 10.8. The third-order valence-electron chi connectivity index (χ3n) is 2.60. The van der Waals surface area contributed by atoms with Gasteiger partial charge in [0, 0.05) is 19.2 Å². The lowest BCUT2D eigenvalue weighted by molar-refractivity contribution is 0.0921. The van der Waals surface area contributed by atoms with Crippen molar-refractivity contribution in [2.45, 2.75) is 6.92 Å². The van der Waals surface area contributed by atoms with E-state index in [4.69, 9.17) is 9.15 Å². The summed E-state index contributed by atoms with van der Waals surface area (Å²) in [7, 11) is 0. The van der Waals surface area contributed by atoms with E-state index in [1.165, 1.54) is 0 Å². The molecular weight excluding hydrogens is 256 g/mol. The van der Waals surface area contributed by atoms with Gasteiger partial charge in [-0.15, -0.1) is 0 Å². The average molecular weight is 274 g/mol. The normalized spacial score (nSPS) is 10.2. The van der Waals surface area contributed by atoms with Gasteiger partial charge < -0.3 is 19.8 Å². The molecule has 1 heterocycles.